The van der Waals surface area contributed by atoms with Crippen molar-refractivity contribution in [2.24, 2.45) is 11.8 Å². The fourth-order valence-electron chi connectivity index (χ4n) is 4.76. The number of urea groups is 1. The van der Waals surface area contributed by atoms with Crippen LogP contribution in [-0.4, -0.2) is 34.1 Å². The van der Waals surface area contributed by atoms with E-state index in [0.717, 1.165) is 6.07 Å². The highest BCUT2D eigenvalue weighted by Gasteiger charge is 2.45. The molecule has 0 spiro atoms. The molecule has 0 unspecified atom stereocenters. The largest absolute Gasteiger partial charge is 0.508 e. The van der Waals surface area contributed by atoms with Crippen molar-refractivity contribution in [3.8, 4) is 0 Å². The van der Waals surface area contributed by atoms with Crippen LogP contribution in [0.15, 0.2) is 49.3 Å². The van der Waals surface area contributed by atoms with Gasteiger partial charge in [-0.05, 0) is 48.3 Å². The van der Waals surface area contributed by atoms with E-state index in [1.54, 1.807) is 23.1 Å². The number of carbonyl (C=O) groups is 1. The topological polar surface area (TPSA) is 65.5 Å². The SMILES string of the molecule is C=C(O)c1cnccc1NC(=O)N1C[C@H]2C[C@@H](c3ccccc3C(F)(F)F)C[C@H]2C1. The standard InChI is InChI=1S/C22H22F3N3O2/c1-13(29)18-10-26-7-6-20(18)27-21(30)28-11-15-8-14(9-16(15)12-28)17-4-2-3-5-19(17)22(23,24)25/h2-7,10,14-16,29H,1,8-9,11-12H2,(H,26,27,30)/t14-,15-,16+. The first-order valence-corrected chi connectivity index (χ1v) is 9.78. The molecule has 1 aromatic heterocycles. The lowest BCUT2D eigenvalue weighted by molar-refractivity contribution is -0.138. The van der Waals surface area contributed by atoms with Crippen LogP contribution >= 0.6 is 0 Å². The van der Waals surface area contributed by atoms with Gasteiger partial charge in [0.1, 0.15) is 5.76 Å². The molecule has 4 rings (SSSR count). The predicted molar refractivity (Wildman–Crippen MR) is 107 cm³/mol. The molecule has 2 fully saturated rings. The highest BCUT2D eigenvalue weighted by molar-refractivity contribution is 5.92. The Kier molecular flexibility index (Phi) is 5.17. The summed E-state index contributed by atoms with van der Waals surface area (Å²) in [5.74, 6) is 0.00827. The Bertz CT molecular complexity index is 962. The Balaban J connectivity index is 1.42. The molecule has 1 aromatic carbocycles. The molecule has 2 N–H and O–H groups in total. The molecule has 8 heteroatoms. The number of amides is 2. The number of aromatic nitrogens is 1. The maximum Gasteiger partial charge on any atom is 0.416 e. The fraction of sp³-hybridized carbons (Fsp3) is 0.364. The summed E-state index contributed by atoms with van der Waals surface area (Å²) in [4.78, 5) is 18.3. The van der Waals surface area contributed by atoms with Gasteiger partial charge in [-0.25, -0.2) is 4.79 Å². The van der Waals surface area contributed by atoms with Gasteiger partial charge in [-0.3, -0.25) is 4.98 Å². The van der Waals surface area contributed by atoms with E-state index in [1.165, 1.54) is 18.5 Å². The minimum absolute atomic E-state index is 0.146. The first kappa shape index (κ1) is 20.3. The number of rotatable bonds is 3. The summed E-state index contributed by atoms with van der Waals surface area (Å²) >= 11 is 0. The van der Waals surface area contributed by atoms with Crippen LogP contribution in [0.1, 0.15) is 35.4 Å². The zero-order valence-electron chi connectivity index (χ0n) is 16.2. The number of halogens is 3. The number of pyridine rings is 1. The maximum absolute atomic E-state index is 13.4. The van der Waals surface area contributed by atoms with Crippen molar-refractivity contribution in [1.82, 2.24) is 9.88 Å². The fourth-order valence-corrected chi connectivity index (χ4v) is 4.76. The summed E-state index contributed by atoms with van der Waals surface area (Å²) in [6, 6.07) is 7.07. The smallest absolute Gasteiger partial charge is 0.416 e. The molecule has 2 amide bonds. The van der Waals surface area contributed by atoms with Crippen molar-refractivity contribution < 1.29 is 23.1 Å². The van der Waals surface area contributed by atoms with Crippen molar-refractivity contribution in [3.63, 3.8) is 0 Å². The number of fused-ring (bicyclic) bond motifs is 1. The summed E-state index contributed by atoms with van der Waals surface area (Å²) in [5, 5.41) is 12.4. The van der Waals surface area contributed by atoms with Gasteiger partial charge in [-0.2, -0.15) is 13.2 Å². The molecule has 0 radical (unpaired) electrons. The van der Waals surface area contributed by atoms with Gasteiger partial charge in [0.2, 0.25) is 0 Å². The number of benzene rings is 1. The molecule has 3 atom stereocenters. The Morgan fingerprint density at radius 3 is 2.47 bits per heavy atom. The summed E-state index contributed by atoms with van der Waals surface area (Å²) < 4.78 is 40.1. The van der Waals surface area contributed by atoms with E-state index < -0.39 is 11.7 Å². The minimum Gasteiger partial charge on any atom is -0.508 e. The number of anilines is 1. The zero-order chi connectivity index (χ0) is 21.5. The van der Waals surface area contributed by atoms with Crippen molar-refractivity contribution in [2.45, 2.75) is 24.9 Å². The van der Waals surface area contributed by atoms with Crippen LogP contribution in [0.4, 0.5) is 23.7 Å². The lowest BCUT2D eigenvalue weighted by atomic mass is 9.91. The number of alkyl halides is 3. The predicted octanol–water partition coefficient (Wildman–Crippen LogP) is 5.29. The van der Waals surface area contributed by atoms with Gasteiger partial charge in [-0.15, -0.1) is 0 Å². The average molecular weight is 417 g/mol. The highest BCUT2D eigenvalue weighted by Crippen LogP contribution is 2.48. The molecular weight excluding hydrogens is 395 g/mol. The van der Waals surface area contributed by atoms with Crippen LogP contribution < -0.4 is 5.32 Å². The number of hydrogen-bond acceptors (Lipinski definition) is 3. The lowest BCUT2D eigenvalue weighted by Crippen LogP contribution is -2.34. The molecule has 30 heavy (non-hydrogen) atoms. The van der Waals surface area contributed by atoms with Crippen LogP contribution in [-0.2, 0) is 6.18 Å². The molecule has 1 aliphatic carbocycles. The number of nitrogens with one attached hydrogen (secondary N) is 1. The third-order valence-corrected chi connectivity index (χ3v) is 6.12. The zero-order valence-corrected chi connectivity index (χ0v) is 16.2. The quantitative estimate of drug-likeness (QED) is 0.668. The van der Waals surface area contributed by atoms with Crippen molar-refractivity contribution in [3.05, 3.63) is 66.0 Å². The molecule has 0 bridgehead atoms. The first-order valence-electron chi connectivity index (χ1n) is 9.78. The molecule has 1 aliphatic heterocycles. The Morgan fingerprint density at radius 2 is 1.83 bits per heavy atom. The monoisotopic (exact) mass is 417 g/mol. The lowest BCUT2D eigenvalue weighted by Gasteiger charge is -2.22. The van der Waals surface area contributed by atoms with E-state index in [-0.39, 0.29) is 29.5 Å². The minimum atomic E-state index is -4.36. The van der Waals surface area contributed by atoms with Gasteiger partial charge in [0.25, 0.3) is 0 Å². The summed E-state index contributed by atoms with van der Waals surface area (Å²) in [6.45, 7) is 4.47. The van der Waals surface area contributed by atoms with Gasteiger partial charge in [0, 0.05) is 25.5 Å². The van der Waals surface area contributed by atoms with E-state index in [0.29, 0.717) is 42.7 Å². The average Bonchev–Trinajstić information content (AvgIpc) is 3.27. The number of aliphatic hydroxyl groups is 1. The van der Waals surface area contributed by atoms with Gasteiger partial charge in [-0.1, -0.05) is 24.8 Å². The Hall–Kier alpha value is -3.03. The summed E-state index contributed by atoms with van der Waals surface area (Å²) in [5.41, 5.74) is 0.558. The Morgan fingerprint density at radius 1 is 1.17 bits per heavy atom. The van der Waals surface area contributed by atoms with Crippen LogP contribution in [0.3, 0.4) is 0 Å². The second-order valence-corrected chi connectivity index (χ2v) is 7.98. The number of nitrogens with zero attached hydrogens (tertiary/aromatic N) is 2. The van der Waals surface area contributed by atoms with E-state index in [9.17, 15) is 23.1 Å². The molecule has 5 nitrogen and oxygen atoms in total. The van der Waals surface area contributed by atoms with Gasteiger partial charge >= 0.3 is 12.2 Å². The van der Waals surface area contributed by atoms with Crippen molar-refractivity contribution in [1.29, 1.82) is 0 Å². The van der Waals surface area contributed by atoms with E-state index >= 15 is 0 Å². The van der Waals surface area contributed by atoms with E-state index in [1.807, 2.05) is 0 Å². The summed E-state index contributed by atoms with van der Waals surface area (Å²) in [7, 11) is 0. The molecular formula is C22H22F3N3O2. The molecule has 2 aliphatic rings. The van der Waals surface area contributed by atoms with Gasteiger partial charge < -0.3 is 15.3 Å². The summed E-state index contributed by atoms with van der Waals surface area (Å²) in [6.07, 6.45) is -0.174. The number of carbonyl (C=O) groups excluding carboxylic acids is 1. The maximum atomic E-state index is 13.4. The highest BCUT2D eigenvalue weighted by atomic mass is 19.4. The third-order valence-electron chi connectivity index (χ3n) is 6.12. The van der Waals surface area contributed by atoms with Crippen LogP contribution in [0.2, 0.25) is 0 Å². The van der Waals surface area contributed by atoms with E-state index in [2.05, 4.69) is 16.9 Å². The number of likely N-dealkylation sites (tertiary alicyclic amines) is 1. The normalized spacial score (nSPS) is 23.3. The van der Waals surface area contributed by atoms with Crippen molar-refractivity contribution in [2.75, 3.05) is 18.4 Å². The van der Waals surface area contributed by atoms with Gasteiger partial charge in [0.15, 0.2) is 0 Å². The first-order chi connectivity index (χ1) is 14.2. The van der Waals surface area contributed by atoms with Crippen LogP contribution in [0, 0.1) is 11.8 Å². The second-order valence-electron chi connectivity index (χ2n) is 7.98. The number of hydrogen-bond donors (Lipinski definition) is 2. The van der Waals surface area contributed by atoms with E-state index in [4.69, 9.17) is 0 Å². The number of aliphatic hydroxyl groups excluding tert-OH is 1. The Labute approximate surface area is 172 Å². The third kappa shape index (κ3) is 3.86. The van der Waals surface area contributed by atoms with Crippen LogP contribution in [0.5, 0.6) is 0 Å². The van der Waals surface area contributed by atoms with Crippen LogP contribution in [0.25, 0.3) is 5.76 Å². The second kappa shape index (κ2) is 7.66. The van der Waals surface area contributed by atoms with Gasteiger partial charge in [0.05, 0.1) is 16.8 Å². The molecule has 1 saturated heterocycles. The van der Waals surface area contributed by atoms with Crippen molar-refractivity contribution >= 4 is 17.5 Å². The molecule has 1 saturated carbocycles. The molecule has 158 valence electrons. The molecule has 2 heterocycles. The molecule has 2 aromatic rings.